The van der Waals surface area contributed by atoms with Crippen LogP contribution in [0.4, 0.5) is 5.69 Å². The van der Waals surface area contributed by atoms with Gasteiger partial charge in [-0.05, 0) is 25.0 Å². The molecule has 8 nitrogen and oxygen atoms in total. The highest BCUT2D eigenvalue weighted by Gasteiger charge is 2.30. The van der Waals surface area contributed by atoms with Gasteiger partial charge in [-0.1, -0.05) is 20.3 Å². The number of nitro benzene ring substituents is 1. The number of sulfonamides is 1. The summed E-state index contributed by atoms with van der Waals surface area (Å²) in [5.74, 6) is -0.908. The lowest BCUT2D eigenvalue weighted by Gasteiger charge is -2.22. The molecule has 0 bridgehead atoms. The second-order valence-electron chi connectivity index (χ2n) is 4.99. The third-order valence-electron chi connectivity index (χ3n) is 3.39. The molecule has 0 spiro atoms. The summed E-state index contributed by atoms with van der Waals surface area (Å²) in [5.41, 5.74) is -0.215. The van der Waals surface area contributed by atoms with E-state index in [1.54, 1.807) is 13.8 Å². The van der Waals surface area contributed by atoms with Gasteiger partial charge < -0.3 is 4.74 Å². The van der Waals surface area contributed by atoms with Gasteiger partial charge in [-0.3, -0.25) is 14.9 Å². The van der Waals surface area contributed by atoms with Crippen LogP contribution in [0.3, 0.4) is 0 Å². The van der Waals surface area contributed by atoms with E-state index in [9.17, 15) is 23.3 Å². The summed E-state index contributed by atoms with van der Waals surface area (Å²) < 4.78 is 32.0. The third kappa shape index (κ3) is 5.00. The van der Waals surface area contributed by atoms with E-state index in [1.807, 2.05) is 6.92 Å². The van der Waals surface area contributed by atoms with E-state index < -0.39 is 27.0 Å². The smallest absolute Gasteiger partial charge is 0.324 e. The highest BCUT2D eigenvalue weighted by atomic mass is 32.2. The van der Waals surface area contributed by atoms with Crippen molar-refractivity contribution in [3.8, 4) is 0 Å². The Morgan fingerprint density at radius 3 is 2.30 bits per heavy atom. The second-order valence-corrected chi connectivity index (χ2v) is 6.70. The average molecular weight is 344 g/mol. The van der Waals surface area contributed by atoms with Gasteiger partial charge in [0.25, 0.3) is 5.69 Å². The number of carbonyl (C=O) groups excluding carboxylic acids is 1. The van der Waals surface area contributed by atoms with Crippen molar-refractivity contribution < 1.29 is 22.9 Å². The van der Waals surface area contributed by atoms with Crippen molar-refractivity contribution in [3.63, 3.8) is 0 Å². The van der Waals surface area contributed by atoms with Crippen molar-refractivity contribution in [2.24, 2.45) is 5.92 Å². The Morgan fingerprint density at radius 2 is 1.87 bits per heavy atom. The molecule has 0 radical (unpaired) electrons. The molecule has 0 aliphatic rings. The van der Waals surface area contributed by atoms with Gasteiger partial charge >= 0.3 is 5.97 Å². The summed E-state index contributed by atoms with van der Waals surface area (Å²) in [7, 11) is -3.99. The fourth-order valence-electron chi connectivity index (χ4n) is 1.85. The van der Waals surface area contributed by atoms with E-state index in [4.69, 9.17) is 4.74 Å². The molecule has 1 N–H and O–H groups in total. The lowest BCUT2D eigenvalue weighted by Crippen LogP contribution is -2.45. The topological polar surface area (TPSA) is 116 Å². The molecule has 2 atom stereocenters. The SMILES string of the molecule is CCOC(=O)[C@@H](NS(=O)(=O)c1ccc([N+](=O)[O-])cc1)[C@H](C)CC. The molecule has 0 fully saturated rings. The van der Waals surface area contributed by atoms with Crippen LogP contribution in [0.15, 0.2) is 29.2 Å². The molecule has 128 valence electrons. The van der Waals surface area contributed by atoms with Crippen LogP contribution in [0.2, 0.25) is 0 Å². The summed E-state index contributed by atoms with van der Waals surface area (Å²) in [6, 6.07) is 3.42. The molecule has 0 saturated carbocycles. The van der Waals surface area contributed by atoms with Gasteiger partial charge in [0.2, 0.25) is 10.0 Å². The molecule has 0 unspecified atom stereocenters. The number of nitrogens with zero attached hydrogens (tertiary/aromatic N) is 1. The van der Waals surface area contributed by atoms with Crippen molar-refractivity contribution in [3.05, 3.63) is 34.4 Å². The molecule has 1 rings (SSSR count). The molecule has 23 heavy (non-hydrogen) atoms. The van der Waals surface area contributed by atoms with E-state index >= 15 is 0 Å². The zero-order valence-electron chi connectivity index (χ0n) is 13.2. The van der Waals surface area contributed by atoms with Gasteiger partial charge in [-0.15, -0.1) is 0 Å². The number of hydrogen-bond acceptors (Lipinski definition) is 6. The van der Waals surface area contributed by atoms with Crippen LogP contribution in [0.25, 0.3) is 0 Å². The maximum Gasteiger partial charge on any atom is 0.324 e. The largest absolute Gasteiger partial charge is 0.465 e. The first kappa shape index (κ1) is 19.0. The number of carbonyl (C=O) groups is 1. The summed E-state index contributed by atoms with van der Waals surface area (Å²) >= 11 is 0. The first-order valence-electron chi connectivity index (χ1n) is 7.16. The summed E-state index contributed by atoms with van der Waals surface area (Å²) in [4.78, 5) is 21.8. The van der Waals surface area contributed by atoms with Crippen molar-refractivity contribution in [2.45, 2.75) is 38.1 Å². The minimum absolute atomic E-state index is 0.144. The quantitative estimate of drug-likeness (QED) is 0.437. The molecule has 0 amide bonds. The molecular weight excluding hydrogens is 324 g/mol. The van der Waals surface area contributed by atoms with Crippen LogP contribution in [0.1, 0.15) is 27.2 Å². The van der Waals surface area contributed by atoms with E-state index in [-0.39, 0.29) is 23.1 Å². The number of nitrogens with one attached hydrogen (secondary N) is 1. The first-order valence-corrected chi connectivity index (χ1v) is 8.64. The van der Waals surface area contributed by atoms with Crippen molar-refractivity contribution in [2.75, 3.05) is 6.61 Å². The maximum absolute atomic E-state index is 12.4. The number of benzene rings is 1. The normalized spacial score (nSPS) is 14.0. The summed E-state index contributed by atoms with van der Waals surface area (Å²) in [6.45, 7) is 5.35. The maximum atomic E-state index is 12.4. The first-order chi connectivity index (χ1) is 10.7. The Balaban J connectivity index is 3.05. The molecule has 1 aromatic carbocycles. The Hall–Kier alpha value is -2.00. The Morgan fingerprint density at radius 1 is 1.30 bits per heavy atom. The van der Waals surface area contributed by atoms with E-state index in [0.29, 0.717) is 6.42 Å². The number of ether oxygens (including phenoxy) is 1. The molecular formula is C14H20N2O6S. The number of non-ortho nitro benzene ring substituents is 1. The minimum Gasteiger partial charge on any atom is -0.465 e. The lowest BCUT2D eigenvalue weighted by atomic mass is 10.0. The highest BCUT2D eigenvalue weighted by molar-refractivity contribution is 7.89. The number of hydrogen-bond donors (Lipinski definition) is 1. The highest BCUT2D eigenvalue weighted by Crippen LogP contribution is 2.18. The molecule has 0 aliphatic heterocycles. The van der Waals surface area contributed by atoms with Gasteiger partial charge in [0, 0.05) is 12.1 Å². The summed E-state index contributed by atoms with van der Waals surface area (Å²) in [5, 5.41) is 10.6. The zero-order chi connectivity index (χ0) is 17.6. The molecule has 1 aromatic rings. The summed E-state index contributed by atoms with van der Waals surface area (Å²) in [6.07, 6.45) is 0.576. The average Bonchev–Trinajstić information content (AvgIpc) is 2.52. The van der Waals surface area contributed by atoms with Crippen molar-refractivity contribution >= 4 is 21.7 Å². The molecule has 0 heterocycles. The monoisotopic (exact) mass is 344 g/mol. The van der Waals surface area contributed by atoms with Crippen LogP contribution in [0, 0.1) is 16.0 Å². The second kappa shape index (κ2) is 8.02. The van der Waals surface area contributed by atoms with Crippen molar-refractivity contribution in [1.29, 1.82) is 0 Å². The van der Waals surface area contributed by atoms with Crippen LogP contribution >= 0.6 is 0 Å². The standard InChI is InChI=1S/C14H20N2O6S/c1-4-10(3)13(14(17)22-5-2)15-23(20,21)12-8-6-11(7-9-12)16(18)19/h6-10,13,15H,4-5H2,1-3H3/t10-,13+/m1/s1. The van der Waals surface area contributed by atoms with Gasteiger partial charge in [-0.25, -0.2) is 8.42 Å². The third-order valence-corrected chi connectivity index (χ3v) is 4.85. The number of rotatable bonds is 8. The predicted molar refractivity (Wildman–Crippen MR) is 83.3 cm³/mol. The Bertz CT molecular complexity index is 656. The fraction of sp³-hybridized carbons (Fsp3) is 0.500. The molecule has 9 heteroatoms. The van der Waals surface area contributed by atoms with Crippen LogP contribution < -0.4 is 4.72 Å². The Labute approximate surface area is 135 Å². The van der Waals surface area contributed by atoms with Crippen LogP contribution in [-0.2, 0) is 19.6 Å². The predicted octanol–water partition coefficient (Wildman–Crippen LogP) is 1.85. The van der Waals surface area contributed by atoms with Gasteiger partial charge in [-0.2, -0.15) is 4.72 Å². The molecule has 0 aromatic heterocycles. The van der Waals surface area contributed by atoms with Crippen molar-refractivity contribution in [1.82, 2.24) is 4.72 Å². The van der Waals surface area contributed by atoms with Gasteiger partial charge in [0.05, 0.1) is 16.4 Å². The molecule has 0 aliphatic carbocycles. The number of esters is 1. The molecule has 0 saturated heterocycles. The van der Waals surface area contributed by atoms with Crippen LogP contribution in [0.5, 0.6) is 0 Å². The van der Waals surface area contributed by atoms with Gasteiger partial charge in [0.15, 0.2) is 0 Å². The zero-order valence-corrected chi connectivity index (χ0v) is 14.0. The van der Waals surface area contributed by atoms with Crippen LogP contribution in [-0.4, -0.2) is 32.0 Å². The lowest BCUT2D eigenvalue weighted by molar-refractivity contribution is -0.384. The minimum atomic E-state index is -3.99. The number of nitro groups is 1. The fourth-order valence-corrected chi connectivity index (χ4v) is 3.14. The van der Waals surface area contributed by atoms with E-state index in [0.717, 1.165) is 24.3 Å². The van der Waals surface area contributed by atoms with Gasteiger partial charge in [0.1, 0.15) is 6.04 Å². The van der Waals surface area contributed by atoms with E-state index in [1.165, 1.54) is 0 Å². The van der Waals surface area contributed by atoms with E-state index in [2.05, 4.69) is 4.72 Å². The Kier molecular flexibility index (Phi) is 6.64.